The van der Waals surface area contributed by atoms with E-state index in [1.54, 1.807) is 45.0 Å². The van der Waals surface area contributed by atoms with Crippen LogP contribution in [0.2, 0.25) is 0 Å². The lowest BCUT2D eigenvalue weighted by Gasteiger charge is -2.27. The number of hydrazine groups is 1. The number of urea groups is 1. The Morgan fingerprint density at radius 3 is 1.88 bits per heavy atom. The van der Waals surface area contributed by atoms with Crippen molar-refractivity contribution in [2.75, 3.05) is 7.11 Å². The van der Waals surface area contributed by atoms with Gasteiger partial charge in [-0.05, 0) is 53.0 Å². The highest BCUT2D eigenvalue weighted by molar-refractivity contribution is 5.95. The molecule has 0 spiro atoms. The van der Waals surface area contributed by atoms with E-state index in [-0.39, 0.29) is 37.2 Å². The van der Waals surface area contributed by atoms with Crippen molar-refractivity contribution in [3.05, 3.63) is 83.9 Å². The van der Waals surface area contributed by atoms with Crippen LogP contribution >= 0.6 is 0 Å². The molecule has 0 saturated heterocycles. The van der Waals surface area contributed by atoms with Crippen molar-refractivity contribution in [2.45, 2.75) is 105 Å². The van der Waals surface area contributed by atoms with Crippen LogP contribution < -0.4 is 37.4 Å². The topological polar surface area (TPSA) is 222 Å². The van der Waals surface area contributed by atoms with Gasteiger partial charge in [-0.1, -0.05) is 121 Å². The fourth-order valence-corrected chi connectivity index (χ4v) is 6.04. The predicted molar refractivity (Wildman–Crippen MR) is 222 cm³/mol. The lowest BCUT2D eigenvalue weighted by Crippen LogP contribution is -2.61. The van der Waals surface area contributed by atoms with Crippen LogP contribution in [0.15, 0.2) is 72.8 Å². The smallest absolute Gasteiger partial charge is 0.408 e. The summed E-state index contributed by atoms with van der Waals surface area (Å²) in [7, 11) is 1.22. The number of carbonyl (C=O) groups is 7. The van der Waals surface area contributed by atoms with E-state index in [0.29, 0.717) is 12.0 Å². The lowest BCUT2D eigenvalue weighted by atomic mass is 9.97. The van der Waals surface area contributed by atoms with Crippen LogP contribution in [0, 0.1) is 17.8 Å². The van der Waals surface area contributed by atoms with Gasteiger partial charge in [0, 0.05) is 6.42 Å². The summed E-state index contributed by atoms with van der Waals surface area (Å²) in [5.41, 5.74) is 6.09. The van der Waals surface area contributed by atoms with Gasteiger partial charge in [0.2, 0.25) is 17.7 Å². The van der Waals surface area contributed by atoms with E-state index in [0.717, 1.165) is 16.3 Å². The molecule has 0 heterocycles. The molecule has 16 heteroatoms. The molecule has 6 atom stereocenters. The first kappa shape index (κ1) is 47.2. The van der Waals surface area contributed by atoms with Gasteiger partial charge >= 0.3 is 18.1 Å². The minimum Gasteiger partial charge on any atom is -0.467 e. The third kappa shape index (κ3) is 15.2. The number of methoxy groups -OCH3 is 1. The van der Waals surface area contributed by atoms with E-state index in [9.17, 15) is 33.6 Å². The molecule has 7 amide bonds. The van der Waals surface area contributed by atoms with E-state index in [1.165, 1.54) is 14.0 Å². The minimum atomic E-state index is -1.25. The summed E-state index contributed by atoms with van der Waals surface area (Å²) in [6, 6.07) is 15.9. The number of fused-ring (bicyclic) bond motifs is 1. The molecule has 0 aliphatic carbocycles. The molecule has 3 rings (SSSR count). The van der Waals surface area contributed by atoms with Crippen molar-refractivity contribution in [1.29, 1.82) is 0 Å². The number of benzene rings is 3. The quantitative estimate of drug-likeness (QED) is 0.0690. The Bertz CT molecular complexity index is 1910. The van der Waals surface area contributed by atoms with Crippen LogP contribution in [0.25, 0.3) is 10.8 Å². The molecule has 0 unspecified atom stereocenters. The van der Waals surface area contributed by atoms with Crippen molar-refractivity contribution >= 4 is 52.5 Å². The number of nitrogens with one attached hydrogen (secondary N) is 7. The van der Waals surface area contributed by atoms with Crippen molar-refractivity contribution in [1.82, 2.24) is 37.4 Å². The second-order valence-corrected chi connectivity index (χ2v) is 15.3. The van der Waals surface area contributed by atoms with Gasteiger partial charge in [-0.15, -0.1) is 0 Å². The number of hydrogen-bond donors (Lipinski definition) is 7. The number of hydrogen-bond acceptors (Lipinski definition) is 9. The van der Waals surface area contributed by atoms with Gasteiger partial charge in [-0.3, -0.25) is 24.6 Å². The average molecular weight is 818 g/mol. The van der Waals surface area contributed by atoms with Crippen LogP contribution in [-0.2, 0) is 46.5 Å². The molecular formula is C43H59N7O9. The van der Waals surface area contributed by atoms with Gasteiger partial charge in [0.1, 0.15) is 36.8 Å². The van der Waals surface area contributed by atoms with Crippen molar-refractivity contribution in [3.63, 3.8) is 0 Å². The molecule has 3 aromatic rings. The standard InChI is InChI=1S/C43H59N7O9/c1-9-27(6)36(40(54)47-35(26(4)5)41(55)58-8)48-42(56)50-49-39(53)34(23-30-19-20-31-17-13-14-18-32(31)22-30)46-38(52)33(21-25(2)3)45-37(51)28(7)44-43(57)59-24-29-15-11-10-12-16-29/h10-20,22,25-28,33-36H,9,21,23-24H2,1-8H3,(H,44,57)(H,45,51)(H,46,52)(H,47,54)(H,49,53)(H2,48,50,56)/t27-,28-,33-,34-,35-,36-/m0/s1. The van der Waals surface area contributed by atoms with E-state index in [2.05, 4.69) is 37.4 Å². The number of alkyl carbamates (subject to hydrolysis) is 1. The van der Waals surface area contributed by atoms with Crippen molar-refractivity contribution in [2.24, 2.45) is 17.8 Å². The van der Waals surface area contributed by atoms with Crippen LogP contribution in [0.3, 0.4) is 0 Å². The maximum atomic E-state index is 13.9. The Kier molecular flexibility index (Phi) is 18.6. The van der Waals surface area contributed by atoms with Gasteiger partial charge < -0.3 is 36.1 Å². The average Bonchev–Trinajstić information content (AvgIpc) is 3.21. The third-order valence-electron chi connectivity index (χ3n) is 9.67. The van der Waals surface area contributed by atoms with Gasteiger partial charge in [-0.25, -0.2) is 19.8 Å². The maximum Gasteiger partial charge on any atom is 0.408 e. The highest BCUT2D eigenvalue weighted by Crippen LogP contribution is 2.17. The molecule has 0 saturated carbocycles. The molecule has 0 fully saturated rings. The third-order valence-corrected chi connectivity index (χ3v) is 9.67. The zero-order valence-electron chi connectivity index (χ0n) is 35.0. The summed E-state index contributed by atoms with van der Waals surface area (Å²) in [5.74, 6) is -4.09. The van der Waals surface area contributed by atoms with E-state index in [1.807, 2.05) is 69.3 Å². The van der Waals surface area contributed by atoms with Crippen LogP contribution in [0.5, 0.6) is 0 Å². The predicted octanol–water partition coefficient (Wildman–Crippen LogP) is 3.77. The van der Waals surface area contributed by atoms with E-state index < -0.39 is 71.9 Å². The Labute approximate surface area is 345 Å². The Balaban J connectivity index is 1.76. The van der Waals surface area contributed by atoms with Gasteiger partial charge in [0.15, 0.2) is 0 Å². The van der Waals surface area contributed by atoms with Gasteiger partial charge in [0.25, 0.3) is 5.91 Å². The van der Waals surface area contributed by atoms with Crippen molar-refractivity contribution in [3.8, 4) is 0 Å². The molecule has 0 aliphatic heterocycles. The highest BCUT2D eigenvalue weighted by atomic mass is 16.5. The van der Waals surface area contributed by atoms with E-state index in [4.69, 9.17) is 9.47 Å². The van der Waals surface area contributed by atoms with Crippen LogP contribution in [0.4, 0.5) is 9.59 Å². The molecule has 0 radical (unpaired) electrons. The number of amides is 7. The fourth-order valence-electron chi connectivity index (χ4n) is 6.04. The molecule has 7 N–H and O–H groups in total. The number of esters is 1. The van der Waals surface area contributed by atoms with Crippen LogP contribution in [0.1, 0.15) is 72.4 Å². The first-order valence-electron chi connectivity index (χ1n) is 19.8. The first-order chi connectivity index (χ1) is 28.0. The Morgan fingerprint density at radius 2 is 1.25 bits per heavy atom. The number of carbonyl (C=O) groups excluding carboxylic acids is 7. The molecule has 16 nitrogen and oxygen atoms in total. The summed E-state index contributed by atoms with van der Waals surface area (Å²) in [4.78, 5) is 92.2. The Hall–Kier alpha value is -6.19. The number of rotatable bonds is 19. The van der Waals surface area contributed by atoms with Crippen LogP contribution in [-0.4, -0.2) is 79.0 Å². The highest BCUT2D eigenvalue weighted by Gasteiger charge is 2.33. The maximum absolute atomic E-state index is 13.9. The second-order valence-electron chi connectivity index (χ2n) is 15.3. The minimum absolute atomic E-state index is 0.000109. The van der Waals surface area contributed by atoms with E-state index >= 15 is 0 Å². The zero-order chi connectivity index (χ0) is 43.6. The van der Waals surface area contributed by atoms with Gasteiger partial charge in [0.05, 0.1) is 7.11 Å². The summed E-state index contributed by atoms with van der Waals surface area (Å²) >= 11 is 0. The summed E-state index contributed by atoms with van der Waals surface area (Å²) in [6.45, 7) is 12.2. The largest absolute Gasteiger partial charge is 0.467 e. The fraction of sp³-hybridized carbons (Fsp3) is 0.465. The summed E-state index contributed by atoms with van der Waals surface area (Å²) in [5, 5.41) is 15.0. The molecular weight excluding hydrogens is 759 g/mol. The molecule has 0 aliphatic rings. The summed E-state index contributed by atoms with van der Waals surface area (Å²) < 4.78 is 10.1. The number of ether oxygens (including phenoxy) is 2. The molecule has 59 heavy (non-hydrogen) atoms. The normalized spacial score (nSPS) is 14.1. The van der Waals surface area contributed by atoms with Gasteiger partial charge in [-0.2, -0.15) is 0 Å². The first-order valence-corrected chi connectivity index (χ1v) is 19.8. The zero-order valence-corrected chi connectivity index (χ0v) is 35.0. The molecule has 0 aromatic heterocycles. The van der Waals surface area contributed by atoms with Crippen molar-refractivity contribution < 1.29 is 43.0 Å². The second kappa shape index (κ2) is 23.3. The monoisotopic (exact) mass is 817 g/mol. The molecule has 320 valence electrons. The SMILES string of the molecule is CC[C@H](C)[C@H](NC(=O)NNC(=O)[C@H](Cc1ccc2ccccc2c1)NC(=O)[C@H](CC(C)C)NC(=O)[C@H](C)NC(=O)OCc1ccccc1)C(=O)N[C@H](C(=O)OC)C(C)C. The summed E-state index contributed by atoms with van der Waals surface area (Å²) in [6.07, 6.45) is -0.125. The molecule has 0 bridgehead atoms. The Morgan fingerprint density at radius 1 is 0.610 bits per heavy atom. The lowest BCUT2D eigenvalue weighted by molar-refractivity contribution is -0.146. The molecule has 3 aromatic carbocycles.